The second-order valence-electron chi connectivity index (χ2n) is 4.25. The van der Waals surface area contributed by atoms with E-state index in [1.807, 2.05) is 0 Å². The predicted molar refractivity (Wildman–Crippen MR) is 57.1 cm³/mol. The van der Waals surface area contributed by atoms with Crippen molar-refractivity contribution >= 4 is 9.84 Å². The molecule has 96 valence electrons. The lowest BCUT2D eigenvalue weighted by Gasteiger charge is -2.38. The summed E-state index contributed by atoms with van der Waals surface area (Å²) in [5.74, 6) is -2.45. The van der Waals surface area contributed by atoms with Crippen LogP contribution < -0.4 is 0 Å². The average molecular weight is 273 g/mol. The van der Waals surface area contributed by atoms with Gasteiger partial charge in [0.2, 0.25) is 0 Å². The number of halogens is 2. The maximum absolute atomic E-state index is 13.0. The molecule has 0 amide bonds. The molecule has 0 atom stereocenters. The maximum Gasteiger partial charge on any atom is 0.197 e. The fraction of sp³-hybridized carbons (Fsp3) is 0.364. The van der Waals surface area contributed by atoms with Gasteiger partial charge in [0.05, 0.1) is 17.1 Å². The highest BCUT2D eigenvalue weighted by Gasteiger charge is 2.55. The lowest BCUT2D eigenvalue weighted by molar-refractivity contribution is 0.0764. The first kappa shape index (κ1) is 12.9. The van der Waals surface area contributed by atoms with Crippen LogP contribution in [-0.4, -0.2) is 24.4 Å². The number of sulfone groups is 1. The molecule has 0 bridgehead atoms. The Morgan fingerprint density at radius 2 is 1.94 bits per heavy atom. The van der Waals surface area contributed by atoms with Crippen LogP contribution in [0.15, 0.2) is 23.1 Å². The van der Waals surface area contributed by atoms with Crippen LogP contribution in [0.4, 0.5) is 8.78 Å². The SMILES string of the molecule is N#CC1(S(=O)(=O)c2ccc(F)c(F)c2)CC(O)C1. The topological polar surface area (TPSA) is 78.2 Å². The monoisotopic (exact) mass is 273 g/mol. The smallest absolute Gasteiger partial charge is 0.197 e. The maximum atomic E-state index is 13.0. The van der Waals surface area contributed by atoms with E-state index in [0.717, 1.165) is 6.07 Å². The summed E-state index contributed by atoms with van der Waals surface area (Å²) in [7, 11) is -4.11. The van der Waals surface area contributed by atoms with Gasteiger partial charge in [0.1, 0.15) is 0 Å². The van der Waals surface area contributed by atoms with Gasteiger partial charge in [-0.25, -0.2) is 17.2 Å². The molecule has 2 rings (SSSR count). The third-order valence-electron chi connectivity index (χ3n) is 3.05. The molecule has 1 aliphatic carbocycles. The Bertz CT molecular complexity index is 630. The van der Waals surface area contributed by atoms with Gasteiger partial charge in [-0.15, -0.1) is 0 Å². The molecule has 7 heteroatoms. The molecule has 1 aromatic rings. The Balaban J connectivity index is 2.49. The highest BCUT2D eigenvalue weighted by atomic mass is 32.2. The molecule has 1 aliphatic rings. The van der Waals surface area contributed by atoms with Crippen molar-refractivity contribution in [1.82, 2.24) is 0 Å². The molecule has 0 spiro atoms. The average Bonchev–Trinajstić information content (AvgIpc) is 2.27. The summed E-state index contributed by atoms with van der Waals surface area (Å²) in [6.45, 7) is 0. The first-order chi connectivity index (χ1) is 8.32. The van der Waals surface area contributed by atoms with E-state index in [1.54, 1.807) is 6.07 Å². The Morgan fingerprint density at radius 1 is 1.33 bits per heavy atom. The molecule has 0 aliphatic heterocycles. The van der Waals surface area contributed by atoms with E-state index in [9.17, 15) is 22.3 Å². The van der Waals surface area contributed by atoms with Gasteiger partial charge in [0, 0.05) is 12.8 Å². The molecule has 0 unspecified atom stereocenters. The minimum absolute atomic E-state index is 0.217. The second-order valence-corrected chi connectivity index (χ2v) is 6.51. The fourth-order valence-corrected chi connectivity index (χ4v) is 3.84. The molecule has 0 aromatic heterocycles. The van der Waals surface area contributed by atoms with Crippen molar-refractivity contribution in [3.05, 3.63) is 29.8 Å². The van der Waals surface area contributed by atoms with Crippen LogP contribution >= 0.6 is 0 Å². The van der Waals surface area contributed by atoms with Crippen LogP contribution in [0.25, 0.3) is 0 Å². The molecule has 1 N–H and O–H groups in total. The van der Waals surface area contributed by atoms with Gasteiger partial charge in [-0.1, -0.05) is 0 Å². The largest absolute Gasteiger partial charge is 0.393 e. The zero-order valence-electron chi connectivity index (χ0n) is 9.10. The molecule has 0 saturated heterocycles. The van der Waals surface area contributed by atoms with Gasteiger partial charge in [-0.05, 0) is 18.2 Å². The van der Waals surface area contributed by atoms with Crippen molar-refractivity contribution in [1.29, 1.82) is 5.26 Å². The van der Waals surface area contributed by atoms with E-state index < -0.39 is 37.2 Å². The van der Waals surface area contributed by atoms with E-state index in [2.05, 4.69) is 0 Å². The van der Waals surface area contributed by atoms with Crippen LogP contribution in [0, 0.1) is 23.0 Å². The van der Waals surface area contributed by atoms with E-state index in [1.165, 1.54) is 0 Å². The summed E-state index contributed by atoms with van der Waals surface area (Å²) < 4.78 is 48.3. The van der Waals surface area contributed by atoms with Gasteiger partial charge in [0.15, 0.2) is 26.2 Å². The molecule has 0 radical (unpaired) electrons. The van der Waals surface area contributed by atoms with Crippen molar-refractivity contribution in [3.8, 4) is 6.07 Å². The number of benzene rings is 1. The van der Waals surface area contributed by atoms with Crippen molar-refractivity contribution in [2.75, 3.05) is 0 Å². The molecule has 1 saturated carbocycles. The predicted octanol–water partition coefficient (Wildman–Crippen LogP) is 1.16. The molecular formula is C11H9F2NO3S. The summed E-state index contributed by atoms with van der Waals surface area (Å²) in [5.41, 5.74) is 0. The van der Waals surface area contributed by atoms with Crippen LogP contribution in [-0.2, 0) is 9.84 Å². The Morgan fingerprint density at radius 3 is 2.39 bits per heavy atom. The van der Waals surface area contributed by atoms with Gasteiger partial charge in [0.25, 0.3) is 0 Å². The summed E-state index contributed by atoms with van der Waals surface area (Å²) in [4.78, 5) is -0.449. The van der Waals surface area contributed by atoms with Gasteiger partial charge >= 0.3 is 0 Å². The van der Waals surface area contributed by atoms with Crippen LogP contribution in [0.5, 0.6) is 0 Å². The molecule has 1 aromatic carbocycles. The zero-order valence-corrected chi connectivity index (χ0v) is 9.92. The number of nitrogens with zero attached hydrogens (tertiary/aromatic N) is 1. The normalized spacial score (nSPS) is 27.3. The highest BCUT2D eigenvalue weighted by molar-refractivity contribution is 7.93. The van der Waals surface area contributed by atoms with E-state index >= 15 is 0 Å². The highest BCUT2D eigenvalue weighted by Crippen LogP contribution is 2.42. The molecular weight excluding hydrogens is 264 g/mol. The number of hydrogen-bond donors (Lipinski definition) is 1. The number of nitriles is 1. The number of hydrogen-bond acceptors (Lipinski definition) is 4. The van der Waals surface area contributed by atoms with Gasteiger partial charge < -0.3 is 5.11 Å². The number of aliphatic hydroxyl groups excluding tert-OH is 1. The quantitative estimate of drug-likeness (QED) is 0.820. The van der Waals surface area contributed by atoms with Crippen molar-refractivity contribution in [2.24, 2.45) is 0 Å². The van der Waals surface area contributed by atoms with E-state index in [4.69, 9.17) is 5.26 Å². The standard InChI is InChI=1S/C11H9F2NO3S/c12-9-2-1-8(3-10(9)13)18(16,17)11(6-14)4-7(15)5-11/h1-3,7,15H,4-5H2. The second kappa shape index (κ2) is 4.00. The Hall–Kier alpha value is -1.52. The zero-order chi connectivity index (χ0) is 13.6. The third-order valence-corrected chi connectivity index (χ3v) is 5.38. The summed E-state index contributed by atoms with van der Waals surface area (Å²) in [5, 5.41) is 18.1. The lowest BCUT2D eigenvalue weighted by atomic mass is 9.82. The first-order valence-corrected chi connectivity index (χ1v) is 6.60. The Kier molecular flexibility index (Phi) is 2.87. The van der Waals surface area contributed by atoms with Crippen LogP contribution in [0.3, 0.4) is 0 Å². The summed E-state index contributed by atoms with van der Waals surface area (Å²) >= 11 is 0. The molecule has 0 heterocycles. The first-order valence-electron chi connectivity index (χ1n) is 5.11. The molecule has 1 fully saturated rings. The Labute approximate surface area is 102 Å². The van der Waals surface area contributed by atoms with Gasteiger partial charge in [-0.2, -0.15) is 5.26 Å². The summed E-state index contributed by atoms with van der Waals surface area (Å²) in [6, 6.07) is 3.82. The third kappa shape index (κ3) is 1.69. The van der Waals surface area contributed by atoms with E-state index in [-0.39, 0.29) is 12.8 Å². The number of aliphatic hydroxyl groups is 1. The van der Waals surface area contributed by atoms with Gasteiger partial charge in [-0.3, -0.25) is 0 Å². The van der Waals surface area contributed by atoms with Crippen LogP contribution in [0.2, 0.25) is 0 Å². The molecule has 18 heavy (non-hydrogen) atoms. The van der Waals surface area contributed by atoms with Crippen LogP contribution in [0.1, 0.15) is 12.8 Å². The van der Waals surface area contributed by atoms with E-state index in [0.29, 0.717) is 12.1 Å². The minimum atomic E-state index is -4.11. The molecule has 4 nitrogen and oxygen atoms in total. The van der Waals surface area contributed by atoms with Crippen molar-refractivity contribution in [3.63, 3.8) is 0 Å². The minimum Gasteiger partial charge on any atom is -0.393 e. The summed E-state index contributed by atoms with van der Waals surface area (Å²) in [6.07, 6.45) is -1.29. The lowest BCUT2D eigenvalue weighted by Crippen LogP contribution is -2.51. The fourth-order valence-electron chi connectivity index (χ4n) is 1.94. The van der Waals surface area contributed by atoms with Crippen molar-refractivity contribution in [2.45, 2.75) is 28.6 Å². The number of rotatable bonds is 2. The van der Waals surface area contributed by atoms with Crippen molar-refractivity contribution < 1.29 is 22.3 Å².